The van der Waals surface area contributed by atoms with Crippen molar-refractivity contribution in [2.45, 2.75) is 25.8 Å². The third kappa shape index (κ3) is 2.42. The maximum absolute atomic E-state index is 4.55. The second kappa shape index (κ2) is 4.37. The monoisotopic (exact) mass is 192 g/mol. The quantitative estimate of drug-likeness (QED) is 0.641. The van der Waals surface area contributed by atoms with Crippen LogP contribution in [0.15, 0.2) is 21.8 Å². The second-order valence-electron chi connectivity index (χ2n) is 3.66. The van der Waals surface area contributed by atoms with E-state index in [1.165, 1.54) is 0 Å². The highest BCUT2D eigenvalue weighted by atomic mass is 15.2. The minimum absolute atomic E-state index is 0.389. The van der Waals surface area contributed by atoms with Crippen LogP contribution in [0.4, 0.5) is 0 Å². The maximum atomic E-state index is 4.55. The van der Waals surface area contributed by atoms with Crippen molar-refractivity contribution in [1.82, 2.24) is 10.6 Å². The lowest BCUT2D eigenvalue weighted by Crippen LogP contribution is -2.22. The number of guanidine groups is 1. The summed E-state index contributed by atoms with van der Waals surface area (Å²) in [6, 6.07) is 0.389. The zero-order valence-corrected chi connectivity index (χ0v) is 8.45. The normalized spacial score (nSPS) is 29.9. The lowest BCUT2D eigenvalue weighted by atomic mass is 10.3. The van der Waals surface area contributed by atoms with Crippen LogP contribution in [0.2, 0.25) is 0 Å². The zero-order chi connectivity index (χ0) is 9.80. The number of hydrogen-bond acceptors (Lipinski definition) is 2. The molecule has 0 bridgehead atoms. The molecule has 1 atom stereocenters. The first-order valence-electron chi connectivity index (χ1n) is 5.09. The predicted molar refractivity (Wildman–Crippen MR) is 58.7 cm³/mol. The van der Waals surface area contributed by atoms with Gasteiger partial charge in [0.15, 0.2) is 0 Å². The molecule has 0 aromatic rings. The second-order valence-corrected chi connectivity index (χ2v) is 3.66. The number of nitrogens with zero attached hydrogens (tertiary/aromatic N) is 2. The average molecular weight is 192 g/mol. The zero-order valence-electron chi connectivity index (χ0n) is 8.45. The first-order valence-corrected chi connectivity index (χ1v) is 5.09. The van der Waals surface area contributed by atoms with Crippen LogP contribution >= 0.6 is 0 Å². The Bertz CT molecular complexity index is 284. The third-order valence-electron chi connectivity index (χ3n) is 2.39. The van der Waals surface area contributed by atoms with E-state index in [4.69, 9.17) is 0 Å². The highest BCUT2D eigenvalue weighted by Gasteiger charge is 2.14. The van der Waals surface area contributed by atoms with E-state index >= 15 is 0 Å². The molecule has 76 valence electrons. The summed E-state index contributed by atoms with van der Waals surface area (Å²) in [5.74, 6) is 0.755. The van der Waals surface area contributed by atoms with E-state index in [9.17, 15) is 0 Å². The van der Waals surface area contributed by atoms with Gasteiger partial charge in [-0.05, 0) is 19.9 Å². The Labute approximate surface area is 84.2 Å². The van der Waals surface area contributed by atoms with Crippen molar-refractivity contribution >= 4 is 12.2 Å². The Kier molecular flexibility index (Phi) is 2.93. The van der Waals surface area contributed by atoms with Crippen LogP contribution in [-0.2, 0) is 0 Å². The van der Waals surface area contributed by atoms with Crippen LogP contribution in [0, 0.1) is 0 Å². The fraction of sp³-hybridized carbons (Fsp3) is 0.600. The molecule has 4 heteroatoms. The van der Waals surface area contributed by atoms with Crippen LogP contribution in [0.5, 0.6) is 0 Å². The smallest absolute Gasteiger partial charge is 0.222 e. The molecule has 0 saturated carbocycles. The molecule has 2 aliphatic rings. The van der Waals surface area contributed by atoms with Crippen molar-refractivity contribution < 1.29 is 0 Å². The molecule has 14 heavy (non-hydrogen) atoms. The van der Waals surface area contributed by atoms with Crippen LogP contribution < -0.4 is 10.6 Å². The van der Waals surface area contributed by atoms with E-state index in [1.54, 1.807) is 0 Å². The summed E-state index contributed by atoms with van der Waals surface area (Å²) >= 11 is 0. The summed E-state index contributed by atoms with van der Waals surface area (Å²) < 4.78 is 0. The fourth-order valence-corrected chi connectivity index (χ4v) is 1.62. The van der Waals surface area contributed by atoms with Gasteiger partial charge in [0.05, 0.1) is 6.04 Å². The summed E-state index contributed by atoms with van der Waals surface area (Å²) in [7, 11) is 0. The van der Waals surface area contributed by atoms with Crippen LogP contribution in [-0.4, -0.2) is 31.3 Å². The van der Waals surface area contributed by atoms with Gasteiger partial charge in [0.1, 0.15) is 0 Å². The third-order valence-corrected chi connectivity index (χ3v) is 2.39. The Morgan fingerprint density at radius 1 is 1.57 bits per heavy atom. The molecule has 1 saturated heterocycles. The molecule has 0 amide bonds. The summed E-state index contributed by atoms with van der Waals surface area (Å²) in [6.07, 6.45) is 6.01. The molecule has 0 aliphatic carbocycles. The molecule has 4 nitrogen and oxygen atoms in total. The van der Waals surface area contributed by atoms with E-state index in [1.807, 2.05) is 13.1 Å². The Hall–Kier alpha value is -1.16. The van der Waals surface area contributed by atoms with Gasteiger partial charge in [0.25, 0.3) is 0 Å². The fourth-order valence-electron chi connectivity index (χ4n) is 1.62. The van der Waals surface area contributed by atoms with Gasteiger partial charge in [0.2, 0.25) is 5.96 Å². The number of hydrogen-bond donors (Lipinski definition) is 2. The highest BCUT2D eigenvalue weighted by Crippen LogP contribution is 2.04. The molecular formula is C10H16N4. The molecule has 1 fully saturated rings. The van der Waals surface area contributed by atoms with Crippen molar-refractivity contribution in [3.05, 3.63) is 11.8 Å². The van der Waals surface area contributed by atoms with Crippen LogP contribution in [0.25, 0.3) is 0 Å². The van der Waals surface area contributed by atoms with Gasteiger partial charge < -0.3 is 10.6 Å². The van der Waals surface area contributed by atoms with E-state index in [0.29, 0.717) is 6.04 Å². The Morgan fingerprint density at radius 3 is 3.29 bits per heavy atom. The van der Waals surface area contributed by atoms with Crippen molar-refractivity contribution in [2.75, 3.05) is 13.1 Å². The minimum Gasteiger partial charge on any atom is -0.329 e. The van der Waals surface area contributed by atoms with Crippen molar-refractivity contribution in [2.24, 2.45) is 9.98 Å². The van der Waals surface area contributed by atoms with Gasteiger partial charge in [0, 0.05) is 24.9 Å². The molecule has 2 aliphatic heterocycles. The van der Waals surface area contributed by atoms with Gasteiger partial charge in [-0.25, -0.2) is 9.98 Å². The van der Waals surface area contributed by atoms with E-state index in [2.05, 4.69) is 26.7 Å². The van der Waals surface area contributed by atoms with Gasteiger partial charge >= 0.3 is 0 Å². The summed E-state index contributed by atoms with van der Waals surface area (Å²) in [5.41, 5.74) is 1.13. The van der Waals surface area contributed by atoms with E-state index in [-0.39, 0.29) is 0 Å². The molecular weight excluding hydrogens is 176 g/mol. The number of allylic oxidation sites excluding steroid dienone is 2. The topological polar surface area (TPSA) is 48.8 Å². The molecule has 0 aromatic heterocycles. The van der Waals surface area contributed by atoms with Gasteiger partial charge in [-0.3, -0.25) is 0 Å². The minimum atomic E-state index is 0.389. The van der Waals surface area contributed by atoms with Crippen LogP contribution in [0.1, 0.15) is 19.8 Å². The standard InChI is InChI=1S/C10H16N4/c1-8-3-2-5-12-10(13-8)14-9-4-6-11-7-9/h3,5,9,11H,2,4,6-7H2,1H3,(H,13,14). The Morgan fingerprint density at radius 2 is 2.50 bits per heavy atom. The molecule has 0 spiro atoms. The molecule has 2 rings (SSSR count). The lowest BCUT2D eigenvalue weighted by molar-refractivity contribution is 0.737. The molecule has 1 unspecified atom stereocenters. The Balaban J connectivity index is 2.04. The summed E-state index contributed by atoms with van der Waals surface area (Å²) in [5, 5.41) is 6.48. The largest absolute Gasteiger partial charge is 0.329 e. The van der Waals surface area contributed by atoms with Crippen molar-refractivity contribution in [3.8, 4) is 0 Å². The summed E-state index contributed by atoms with van der Waals surface area (Å²) in [4.78, 5) is 8.82. The number of nitrogens with one attached hydrogen (secondary N) is 2. The SMILES string of the molecule is CC1=CCC=NC(=NC2CCNC2)N1. The van der Waals surface area contributed by atoms with Gasteiger partial charge in [-0.15, -0.1) is 0 Å². The average Bonchev–Trinajstić information content (AvgIpc) is 2.56. The van der Waals surface area contributed by atoms with Crippen molar-refractivity contribution in [1.29, 1.82) is 0 Å². The maximum Gasteiger partial charge on any atom is 0.222 e. The molecule has 0 radical (unpaired) electrons. The van der Waals surface area contributed by atoms with Gasteiger partial charge in [-0.2, -0.15) is 0 Å². The van der Waals surface area contributed by atoms with E-state index < -0.39 is 0 Å². The van der Waals surface area contributed by atoms with Gasteiger partial charge in [-0.1, -0.05) is 6.08 Å². The first kappa shape index (κ1) is 9.40. The summed E-state index contributed by atoms with van der Waals surface area (Å²) in [6.45, 7) is 4.08. The number of aliphatic imine (C=N–C) groups is 2. The van der Waals surface area contributed by atoms with E-state index in [0.717, 1.165) is 37.6 Å². The predicted octanol–water partition coefficient (Wildman–Crippen LogP) is 0.672. The van der Waals surface area contributed by atoms with Crippen molar-refractivity contribution in [3.63, 3.8) is 0 Å². The molecule has 2 heterocycles. The molecule has 2 N–H and O–H groups in total. The lowest BCUT2D eigenvalue weighted by Gasteiger charge is -2.06. The number of rotatable bonds is 1. The highest BCUT2D eigenvalue weighted by molar-refractivity contribution is 5.90. The van der Waals surface area contributed by atoms with Crippen LogP contribution in [0.3, 0.4) is 0 Å². The first-order chi connectivity index (χ1) is 6.84. The molecule has 0 aromatic carbocycles.